The van der Waals surface area contributed by atoms with E-state index < -0.39 is 0 Å². The lowest BCUT2D eigenvalue weighted by molar-refractivity contribution is -0.876. The molecule has 0 aromatic heterocycles. The lowest BCUT2D eigenvalue weighted by Crippen LogP contribution is -2.41. The molecule has 0 amide bonds. The van der Waals surface area contributed by atoms with Crippen LogP contribution in [0.5, 0.6) is 0 Å². The van der Waals surface area contributed by atoms with E-state index in [9.17, 15) is 0 Å². The maximum Gasteiger partial charge on any atom is 0.139 e. The largest absolute Gasteiger partial charge is 0.320 e. The fourth-order valence-corrected chi connectivity index (χ4v) is 3.16. The molecule has 128 valence electrons. The number of hydrogen-bond acceptors (Lipinski definition) is 0. The summed E-state index contributed by atoms with van der Waals surface area (Å²) < 4.78 is 1.87. The highest BCUT2D eigenvalue weighted by atomic mass is 127. The SMILES string of the molecule is CCCCCCCCCCCCCCCC(I)[N+](C)(C)C. The first kappa shape index (κ1) is 21.7. The first-order valence-corrected chi connectivity index (χ1v) is 10.7. The third-order valence-electron chi connectivity index (χ3n) is 4.39. The highest BCUT2D eigenvalue weighted by molar-refractivity contribution is 14.1. The van der Waals surface area contributed by atoms with Gasteiger partial charge in [0.05, 0.1) is 21.1 Å². The minimum absolute atomic E-state index is 0.773. The van der Waals surface area contributed by atoms with E-state index in [-0.39, 0.29) is 0 Å². The molecule has 0 heterocycles. The Hall–Kier alpha value is 0.690. The predicted octanol–water partition coefficient (Wildman–Crippen LogP) is 6.94. The van der Waals surface area contributed by atoms with Crippen LogP contribution in [0.3, 0.4) is 0 Å². The predicted molar refractivity (Wildman–Crippen MR) is 106 cm³/mol. The molecule has 0 fully saturated rings. The van der Waals surface area contributed by atoms with E-state index in [1.807, 2.05) is 0 Å². The third kappa shape index (κ3) is 15.4. The second-order valence-electron chi connectivity index (χ2n) is 7.58. The summed E-state index contributed by atoms with van der Waals surface area (Å²) in [4.78, 5) is 0. The number of halogens is 1. The Morgan fingerprint density at radius 2 is 0.952 bits per heavy atom. The second-order valence-corrected chi connectivity index (χ2v) is 9.02. The first-order chi connectivity index (χ1) is 9.98. The standard InChI is InChI=1S/C19H41IN/c1-5-6-7-8-9-10-11-12-13-14-15-16-17-18-19(20)21(2,3)4/h19H,5-18H2,1-4H3/q+1. The zero-order chi connectivity index (χ0) is 16.0. The van der Waals surface area contributed by atoms with E-state index in [2.05, 4.69) is 50.7 Å². The van der Waals surface area contributed by atoms with Crippen LogP contribution in [0.2, 0.25) is 0 Å². The topological polar surface area (TPSA) is 0 Å². The van der Waals surface area contributed by atoms with E-state index in [1.165, 1.54) is 89.9 Å². The van der Waals surface area contributed by atoms with Gasteiger partial charge in [-0.3, -0.25) is 0 Å². The van der Waals surface area contributed by atoms with Gasteiger partial charge in [-0.2, -0.15) is 0 Å². The fraction of sp³-hybridized carbons (Fsp3) is 1.00. The Morgan fingerprint density at radius 1 is 0.619 bits per heavy atom. The highest BCUT2D eigenvalue weighted by Crippen LogP contribution is 2.19. The molecule has 0 aromatic rings. The van der Waals surface area contributed by atoms with Gasteiger partial charge in [0.1, 0.15) is 4.05 Å². The molecular weight excluding hydrogens is 369 g/mol. The van der Waals surface area contributed by atoms with E-state index >= 15 is 0 Å². The highest BCUT2D eigenvalue weighted by Gasteiger charge is 2.18. The first-order valence-electron chi connectivity index (χ1n) is 9.43. The molecule has 0 saturated carbocycles. The summed E-state index contributed by atoms with van der Waals surface area (Å²) in [6.45, 7) is 2.29. The van der Waals surface area contributed by atoms with Crippen molar-refractivity contribution in [3.63, 3.8) is 0 Å². The molecule has 21 heavy (non-hydrogen) atoms. The molecule has 0 bridgehead atoms. The minimum Gasteiger partial charge on any atom is -0.320 e. The van der Waals surface area contributed by atoms with Gasteiger partial charge in [-0.1, -0.05) is 84.0 Å². The van der Waals surface area contributed by atoms with Crippen molar-refractivity contribution in [1.82, 2.24) is 0 Å². The molecule has 0 aliphatic carbocycles. The fourth-order valence-electron chi connectivity index (χ4n) is 2.72. The van der Waals surface area contributed by atoms with Crippen LogP contribution in [-0.2, 0) is 0 Å². The lowest BCUT2D eigenvalue weighted by Gasteiger charge is -2.30. The molecule has 0 spiro atoms. The van der Waals surface area contributed by atoms with Gasteiger partial charge in [-0.05, 0) is 29.0 Å². The monoisotopic (exact) mass is 410 g/mol. The van der Waals surface area contributed by atoms with Crippen molar-refractivity contribution in [2.24, 2.45) is 0 Å². The zero-order valence-electron chi connectivity index (χ0n) is 15.3. The lowest BCUT2D eigenvalue weighted by atomic mass is 10.0. The molecule has 2 heteroatoms. The van der Waals surface area contributed by atoms with Gasteiger partial charge in [0.25, 0.3) is 0 Å². The number of hydrogen-bond donors (Lipinski definition) is 0. The normalized spacial score (nSPS) is 13.6. The van der Waals surface area contributed by atoms with E-state index in [0.717, 1.165) is 8.53 Å². The molecule has 1 unspecified atom stereocenters. The molecule has 0 aromatic carbocycles. The Bertz CT molecular complexity index is 210. The summed E-state index contributed by atoms with van der Waals surface area (Å²) in [5.74, 6) is 0. The summed E-state index contributed by atoms with van der Waals surface area (Å²) >= 11 is 2.62. The molecule has 1 atom stereocenters. The zero-order valence-corrected chi connectivity index (χ0v) is 17.5. The molecule has 0 rings (SSSR count). The minimum atomic E-state index is 0.773. The average molecular weight is 410 g/mol. The Morgan fingerprint density at radius 3 is 1.29 bits per heavy atom. The average Bonchev–Trinajstić information content (AvgIpc) is 2.42. The molecule has 0 N–H and O–H groups in total. The van der Waals surface area contributed by atoms with Crippen LogP contribution < -0.4 is 0 Å². The van der Waals surface area contributed by atoms with Crippen molar-refractivity contribution >= 4 is 22.6 Å². The maximum absolute atomic E-state index is 2.62. The number of rotatable bonds is 15. The van der Waals surface area contributed by atoms with E-state index in [4.69, 9.17) is 0 Å². The maximum atomic E-state index is 2.62. The van der Waals surface area contributed by atoms with Crippen molar-refractivity contribution in [2.75, 3.05) is 21.1 Å². The summed E-state index contributed by atoms with van der Waals surface area (Å²) in [5.41, 5.74) is 0. The van der Waals surface area contributed by atoms with Crippen LogP contribution in [0, 0.1) is 0 Å². The molecule has 0 aliphatic rings. The van der Waals surface area contributed by atoms with Crippen molar-refractivity contribution in [2.45, 2.75) is 101 Å². The van der Waals surface area contributed by atoms with Gasteiger partial charge in [0.15, 0.2) is 0 Å². The second kappa shape index (κ2) is 14.3. The van der Waals surface area contributed by atoms with Crippen LogP contribution in [0.15, 0.2) is 0 Å². The smallest absolute Gasteiger partial charge is 0.139 e. The number of unbranched alkanes of at least 4 members (excludes halogenated alkanes) is 12. The van der Waals surface area contributed by atoms with E-state index in [0.29, 0.717) is 0 Å². The van der Waals surface area contributed by atoms with Crippen LogP contribution in [0.25, 0.3) is 0 Å². The Kier molecular flexibility index (Phi) is 14.8. The van der Waals surface area contributed by atoms with Gasteiger partial charge in [-0.15, -0.1) is 0 Å². The van der Waals surface area contributed by atoms with Gasteiger partial charge in [-0.25, -0.2) is 0 Å². The van der Waals surface area contributed by atoms with Crippen molar-refractivity contribution < 1.29 is 4.48 Å². The Labute approximate surface area is 149 Å². The van der Waals surface area contributed by atoms with Crippen LogP contribution >= 0.6 is 22.6 Å². The van der Waals surface area contributed by atoms with Gasteiger partial charge >= 0.3 is 0 Å². The molecule has 0 radical (unpaired) electrons. The van der Waals surface area contributed by atoms with Crippen LogP contribution in [0.4, 0.5) is 0 Å². The number of quaternary nitrogens is 1. The van der Waals surface area contributed by atoms with Crippen molar-refractivity contribution in [3.05, 3.63) is 0 Å². The van der Waals surface area contributed by atoms with E-state index in [1.54, 1.807) is 0 Å². The van der Waals surface area contributed by atoms with Gasteiger partial charge < -0.3 is 4.48 Å². The van der Waals surface area contributed by atoms with Gasteiger partial charge in [0, 0.05) is 6.42 Å². The molecule has 0 aliphatic heterocycles. The van der Waals surface area contributed by atoms with Crippen LogP contribution in [0.1, 0.15) is 96.8 Å². The third-order valence-corrected chi connectivity index (χ3v) is 6.68. The number of nitrogens with zero attached hydrogens (tertiary/aromatic N) is 1. The summed E-state index contributed by atoms with van der Waals surface area (Å²) in [5, 5.41) is 0. The molecular formula is C19H41IN+. The van der Waals surface area contributed by atoms with Crippen molar-refractivity contribution in [1.29, 1.82) is 0 Å². The summed E-state index contributed by atoms with van der Waals surface area (Å²) in [6, 6.07) is 0. The van der Waals surface area contributed by atoms with Crippen LogP contribution in [-0.4, -0.2) is 29.7 Å². The molecule has 1 nitrogen and oxygen atoms in total. The summed E-state index contributed by atoms with van der Waals surface area (Å²) in [6.07, 6.45) is 20.3. The van der Waals surface area contributed by atoms with Gasteiger partial charge in [0.2, 0.25) is 0 Å². The quantitative estimate of drug-likeness (QED) is 0.0902. The van der Waals surface area contributed by atoms with Crippen molar-refractivity contribution in [3.8, 4) is 0 Å². The molecule has 0 saturated heterocycles. The number of alkyl halides is 1. The Balaban J connectivity index is 3.13. The summed E-state index contributed by atoms with van der Waals surface area (Å²) in [7, 11) is 6.91.